The summed E-state index contributed by atoms with van der Waals surface area (Å²) in [5.41, 5.74) is 11.3. The molecule has 0 saturated heterocycles. The Morgan fingerprint density at radius 1 is 1.25 bits per heavy atom. The number of amides is 1. The summed E-state index contributed by atoms with van der Waals surface area (Å²) in [6.07, 6.45) is 3.70. The minimum Gasteiger partial charge on any atom is -0.368 e. The molecular weight excluding hydrogens is 200 g/mol. The molecule has 3 nitrogen and oxygen atoms in total. The van der Waals surface area contributed by atoms with E-state index in [2.05, 4.69) is 6.92 Å². The fourth-order valence-corrected chi connectivity index (χ4v) is 1.80. The number of nitrogens with two attached hydrogens (primary N) is 2. The van der Waals surface area contributed by atoms with E-state index in [0.717, 1.165) is 24.8 Å². The second-order valence-corrected chi connectivity index (χ2v) is 4.16. The molecule has 0 aliphatic carbocycles. The highest BCUT2D eigenvalue weighted by molar-refractivity contribution is 5.85. The van der Waals surface area contributed by atoms with Gasteiger partial charge in [0.25, 0.3) is 0 Å². The van der Waals surface area contributed by atoms with Crippen LogP contribution in [0.1, 0.15) is 38.2 Å². The molecule has 1 aromatic rings. The fraction of sp³-hybridized carbons (Fsp3) is 0.462. The number of rotatable bonds is 6. The Morgan fingerprint density at radius 3 is 2.38 bits per heavy atom. The molecule has 0 spiro atoms. The minimum atomic E-state index is -1.02. The van der Waals surface area contributed by atoms with Gasteiger partial charge < -0.3 is 11.5 Å². The standard InChI is InChI=1S/C13H20N2O/c1-2-3-7-10-13(15,12(14)16)11-8-5-4-6-9-11/h4-6,8-9H,2-3,7,10,15H2,1H3,(H2,14,16). The van der Waals surface area contributed by atoms with Crippen molar-refractivity contribution in [1.29, 1.82) is 0 Å². The summed E-state index contributed by atoms with van der Waals surface area (Å²) in [6.45, 7) is 2.12. The van der Waals surface area contributed by atoms with Crippen LogP contribution in [-0.4, -0.2) is 5.91 Å². The Hall–Kier alpha value is -1.35. The van der Waals surface area contributed by atoms with E-state index in [9.17, 15) is 4.79 Å². The van der Waals surface area contributed by atoms with E-state index >= 15 is 0 Å². The van der Waals surface area contributed by atoms with E-state index in [1.807, 2.05) is 30.3 Å². The summed E-state index contributed by atoms with van der Waals surface area (Å²) in [7, 11) is 0. The van der Waals surface area contributed by atoms with Gasteiger partial charge in [-0.1, -0.05) is 56.5 Å². The molecule has 0 radical (unpaired) electrons. The fourth-order valence-electron chi connectivity index (χ4n) is 1.80. The van der Waals surface area contributed by atoms with Gasteiger partial charge in [-0.2, -0.15) is 0 Å². The SMILES string of the molecule is CCCCCC(N)(C(N)=O)c1ccccc1. The van der Waals surface area contributed by atoms with Crippen LogP contribution in [0, 0.1) is 0 Å². The van der Waals surface area contributed by atoms with E-state index < -0.39 is 11.4 Å². The number of hydrogen-bond donors (Lipinski definition) is 2. The molecule has 1 amide bonds. The van der Waals surface area contributed by atoms with Gasteiger partial charge in [-0.05, 0) is 12.0 Å². The summed E-state index contributed by atoms with van der Waals surface area (Å²) >= 11 is 0. The van der Waals surface area contributed by atoms with Crippen LogP contribution >= 0.6 is 0 Å². The van der Waals surface area contributed by atoms with E-state index in [1.165, 1.54) is 0 Å². The summed E-state index contributed by atoms with van der Waals surface area (Å²) in [5.74, 6) is -0.449. The molecule has 1 aromatic carbocycles. The number of benzene rings is 1. The molecule has 0 aliphatic rings. The maximum Gasteiger partial charge on any atom is 0.242 e. The largest absolute Gasteiger partial charge is 0.368 e. The average Bonchev–Trinajstić information content (AvgIpc) is 2.30. The summed E-state index contributed by atoms with van der Waals surface area (Å²) < 4.78 is 0. The molecule has 1 rings (SSSR count). The number of unbranched alkanes of at least 4 members (excludes halogenated alkanes) is 2. The molecular formula is C13H20N2O. The third-order valence-corrected chi connectivity index (χ3v) is 2.90. The average molecular weight is 220 g/mol. The topological polar surface area (TPSA) is 69.1 Å². The van der Waals surface area contributed by atoms with Gasteiger partial charge in [0.15, 0.2) is 0 Å². The molecule has 0 fully saturated rings. The summed E-state index contributed by atoms with van der Waals surface area (Å²) in [6, 6.07) is 9.36. The van der Waals surface area contributed by atoms with Crippen molar-refractivity contribution in [3.05, 3.63) is 35.9 Å². The van der Waals surface area contributed by atoms with Crippen molar-refractivity contribution in [2.24, 2.45) is 11.5 Å². The number of carbonyl (C=O) groups excluding carboxylic acids is 1. The quantitative estimate of drug-likeness (QED) is 0.719. The monoisotopic (exact) mass is 220 g/mol. The van der Waals surface area contributed by atoms with Crippen LogP contribution in [0.4, 0.5) is 0 Å². The van der Waals surface area contributed by atoms with E-state index in [1.54, 1.807) is 0 Å². The van der Waals surface area contributed by atoms with Crippen LogP contribution in [-0.2, 0) is 10.3 Å². The van der Waals surface area contributed by atoms with E-state index in [-0.39, 0.29) is 0 Å². The molecule has 0 aromatic heterocycles. The summed E-state index contributed by atoms with van der Waals surface area (Å²) in [5, 5.41) is 0. The van der Waals surface area contributed by atoms with Crippen molar-refractivity contribution in [2.45, 2.75) is 38.1 Å². The van der Waals surface area contributed by atoms with Gasteiger partial charge in [0.2, 0.25) is 5.91 Å². The van der Waals surface area contributed by atoms with Gasteiger partial charge >= 0.3 is 0 Å². The zero-order valence-electron chi connectivity index (χ0n) is 9.78. The van der Waals surface area contributed by atoms with Crippen LogP contribution in [0.2, 0.25) is 0 Å². The lowest BCUT2D eigenvalue weighted by molar-refractivity contribution is -0.123. The van der Waals surface area contributed by atoms with Crippen molar-refractivity contribution < 1.29 is 4.79 Å². The molecule has 1 unspecified atom stereocenters. The third-order valence-electron chi connectivity index (χ3n) is 2.90. The molecule has 0 heterocycles. The van der Waals surface area contributed by atoms with Crippen LogP contribution in [0.15, 0.2) is 30.3 Å². The zero-order chi connectivity index (χ0) is 12.0. The first-order valence-corrected chi connectivity index (χ1v) is 5.75. The number of carbonyl (C=O) groups is 1. The highest BCUT2D eigenvalue weighted by Crippen LogP contribution is 2.24. The van der Waals surface area contributed by atoms with E-state index in [0.29, 0.717) is 6.42 Å². The first-order chi connectivity index (χ1) is 7.61. The lowest BCUT2D eigenvalue weighted by Crippen LogP contribution is -2.49. The molecule has 1 atom stereocenters. The predicted molar refractivity (Wildman–Crippen MR) is 65.6 cm³/mol. The normalized spacial score (nSPS) is 14.4. The number of primary amides is 1. The molecule has 0 saturated carbocycles. The van der Waals surface area contributed by atoms with Crippen molar-refractivity contribution in [1.82, 2.24) is 0 Å². The van der Waals surface area contributed by atoms with Gasteiger partial charge in [-0.25, -0.2) is 0 Å². The minimum absolute atomic E-state index is 0.449. The lowest BCUT2D eigenvalue weighted by Gasteiger charge is -2.26. The van der Waals surface area contributed by atoms with Crippen LogP contribution in [0.3, 0.4) is 0 Å². The van der Waals surface area contributed by atoms with Gasteiger partial charge in [0, 0.05) is 0 Å². The summed E-state index contributed by atoms with van der Waals surface area (Å²) in [4.78, 5) is 11.5. The van der Waals surface area contributed by atoms with Gasteiger partial charge in [-0.15, -0.1) is 0 Å². The van der Waals surface area contributed by atoms with Gasteiger partial charge in [-0.3, -0.25) is 4.79 Å². The molecule has 4 N–H and O–H groups in total. The maximum absolute atomic E-state index is 11.5. The third kappa shape index (κ3) is 2.83. The molecule has 88 valence electrons. The molecule has 16 heavy (non-hydrogen) atoms. The second kappa shape index (κ2) is 5.66. The first kappa shape index (κ1) is 12.7. The lowest BCUT2D eigenvalue weighted by atomic mass is 9.85. The van der Waals surface area contributed by atoms with Gasteiger partial charge in [0.1, 0.15) is 5.54 Å². The van der Waals surface area contributed by atoms with Crippen molar-refractivity contribution in [3.8, 4) is 0 Å². The highest BCUT2D eigenvalue weighted by atomic mass is 16.1. The first-order valence-electron chi connectivity index (χ1n) is 5.75. The molecule has 0 aliphatic heterocycles. The maximum atomic E-state index is 11.5. The van der Waals surface area contributed by atoms with Crippen LogP contribution in [0.25, 0.3) is 0 Å². The number of hydrogen-bond acceptors (Lipinski definition) is 2. The Labute approximate surface area is 96.8 Å². The predicted octanol–water partition coefficient (Wildman–Crippen LogP) is 1.91. The van der Waals surface area contributed by atoms with Crippen molar-refractivity contribution in [3.63, 3.8) is 0 Å². The van der Waals surface area contributed by atoms with Crippen LogP contribution < -0.4 is 11.5 Å². The van der Waals surface area contributed by atoms with Crippen molar-refractivity contribution >= 4 is 5.91 Å². The zero-order valence-corrected chi connectivity index (χ0v) is 9.78. The molecule has 0 bridgehead atoms. The second-order valence-electron chi connectivity index (χ2n) is 4.16. The van der Waals surface area contributed by atoms with E-state index in [4.69, 9.17) is 11.5 Å². The molecule has 3 heteroatoms. The smallest absolute Gasteiger partial charge is 0.242 e. The Bertz CT molecular complexity index is 337. The Morgan fingerprint density at radius 2 is 1.88 bits per heavy atom. The van der Waals surface area contributed by atoms with Crippen LogP contribution in [0.5, 0.6) is 0 Å². The van der Waals surface area contributed by atoms with Crippen molar-refractivity contribution in [2.75, 3.05) is 0 Å². The Balaban J connectivity index is 2.85. The Kier molecular flexibility index (Phi) is 4.50. The van der Waals surface area contributed by atoms with Gasteiger partial charge in [0.05, 0.1) is 0 Å². The highest BCUT2D eigenvalue weighted by Gasteiger charge is 2.32.